The molecule has 1 radical (unpaired) electrons. The van der Waals surface area contributed by atoms with Gasteiger partial charge in [0.15, 0.2) is 11.5 Å². The lowest BCUT2D eigenvalue weighted by Gasteiger charge is -2.13. The summed E-state index contributed by atoms with van der Waals surface area (Å²) in [7, 11) is 0. The first kappa shape index (κ1) is 17.0. The molecule has 0 unspecified atom stereocenters. The molecule has 1 aliphatic carbocycles. The molecular formula is C18H19ClN5O2. The van der Waals surface area contributed by atoms with Crippen molar-refractivity contribution in [2.75, 3.05) is 0 Å². The van der Waals surface area contributed by atoms with E-state index in [4.69, 9.17) is 16.3 Å². The van der Waals surface area contributed by atoms with Gasteiger partial charge >= 0.3 is 11.6 Å². The molecule has 7 nitrogen and oxygen atoms in total. The van der Waals surface area contributed by atoms with Crippen LogP contribution in [-0.2, 0) is 6.54 Å². The highest BCUT2D eigenvalue weighted by atomic mass is 35.5. The molecule has 4 rings (SSSR count). The quantitative estimate of drug-likeness (QED) is 0.743. The van der Waals surface area contributed by atoms with Crippen molar-refractivity contribution in [2.24, 2.45) is 10.9 Å². The maximum atomic E-state index is 12.5. The number of fused-ring (bicyclic) bond motifs is 1. The zero-order chi connectivity index (χ0) is 18.1. The molecule has 0 saturated heterocycles. The number of hydrogen-bond donors (Lipinski definition) is 0. The highest BCUT2D eigenvalue weighted by Gasteiger charge is 2.31. The number of pyridine rings is 1. The minimum atomic E-state index is -0.430. The van der Waals surface area contributed by atoms with E-state index in [0.717, 1.165) is 25.1 Å². The second kappa shape index (κ2) is 7.07. The predicted molar refractivity (Wildman–Crippen MR) is 99.0 cm³/mol. The van der Waals surface area contributed by atoms with Gasteiger partial charge in [-0.05, 0) is 25.3 Å². The summed E-state index contributed by atoms with van der Waals surface area (Å²) in [6.07, 6.45) is 5.34. The Balaban J connectivity index is 1.75. The third-order valence-electron chi connectivity index (χ3n) is 4.60. The molecular weight excluding hydrogens is 354 g/mol. The smallest absolute Gasteiger partial charge is 0.308 e. The normalized spacial score (nSPS) is 16.3. The molecule has 8 heteroatoms. The molecule has 2 aromatic heterocycles. The average molecular weight is 373 g/mol. The lowest BCUT2D eigenvalue weighted by Crippen LogP contribution is -2.21. The lowest BCUT2D eigenvalue weighted by atomic mass is 10.1. The molecule has 2 aromatic rings. The van der Waals surface area contributed by atoms with Gasteiger partial charge in [0.25, 0.3) is 0 Å². The first-order valence-electron chi connectivity index (χ1n) is 8.91. The molecule has 3 heterocycles. The number of halogens is 1. The van der Waals surface area contributed by atoms with E-state index in [0.29, 0.717) is 29.1 Å². The number of rotatable bonds is 5. The van der Waals surface area contributed by atoms with Gasteiger partial charge in [-0.3, -0.25) is 9.36 Å². The van der Waals surface area contributed by atoms with Gasteiger partial charge in [-0.1, -0.05) is 37.4 Å². The van der Waals surface area contributed by atoms with E-state index in [9.17, 15) is 4.79 Å². The molecule has 1 saturated carbocycles. The van der Waals surface area contributed by atoms with E-state index in [2.05, 4.69) is 20.3 Å². The average Bonchev–Trinajstić information content (AvgIpc) is 3.28. The molecule has 1 fully saturated rings. The topological polar surface area (TPSA) is 83.5 Å². The fraction of sp³-hybridized carbons (Fsp3) is 0.444. The molecule has 0 atom stereocenters. The summed E-state index contributed by atoms with van der Waals surface area (Å²) in [5.74, 6) is 1.89. The van der Waals surface area contributed by atoms with E-state index in [1.54, 1.807) is 22.8 Å². The highest BCUT2D eigenvalue weighted by molar-refractivity contribution is 6.29. The molecule has 0 amide bonds. The minimum Gasteiger partial charge on any atom is -0.406 e. The highest BCUT2D eigenvalue weighted by Crippen LogP contribution is 2.36. The van der Waals surface area contributed by atoms with Crippen LogP contribution in [0.5, 0.6) is 11.9 Å². The zero-order valence-electron chi connectivity index (χ0n) is 14.5. The molecule has 2 aliphatic rings. The summed E-state index contributed by atoms with van der Waals surface area (Å²) in [5, 5.41) is 4.81. The van der Waals surface area contributed by atoms with Crippen LogP contribution in [-0.4, -0.2) is 20.4 Å². The Labute approximate surface area is 156 Å². The predicted octanol–water partition coefficient (Wildman–Crippen LogP) is 3.96. The van der Waals surface area contributed by atoms with Crippen molar-refractivity contribution in [3.05, 3.63) is 33.7 Å². The maximum absolute atomic E-state index is 12.5. The van der Waals surface area contributed by atoms with Crippen LogP contribution in [0.1, 0.15) is 39.0 Å². The number of nitrogens with zero attached hydrogens (tertiary/aromatic N) is 5. The molecule has 0 aromatic carbocycles. The van der Waals surface area contributed by atoms with Crippen LogP contribution in [0.4, 0.5) is 11.5 Å². The van der Waals surface area contributed by atoms with Crippen LogP contribution >= 0.6 is 11.6 Å². The summed E-state index contributed by atoms with van der Waals surface area (Å²) in [6.45, 7) is 2.65. The SMILES string of the molecule is CCCn1c(Oc2cccc(Cl)n2)nc(=O)c2c1N=C(C1CCCC1)[N]2. The van der Waals surface area contributed by atoms with Crippen LogP contribution in [0.3, 0.4) is 0 Å². The van der Waals surface area contributed by atoms with Crippen LogP contribution in [0.2, 0.25) is 5.15 Å². The van der Waals surface area contributed by atoms with Crippen LogP contribution in [0.25, 0.3) is 0 Å². The standard InChI is InChI=1S/C18H19ClN5O2/c1-2-10-24-16-14(21-15(22-16)11-6-3-4-7-11)17(25)23-18(24)26-13-9-5-8-12(19)20-13/h5,8-9,11H,2-4,6-7,10H2,1H3. The van der Waals surface area contributed by atoms with E-state index < -0.39 is 5.56 Å². The molecule has 0 N–H and O–H groups in total. The second-order valence-electron chi connectivity index (χ2n) is 6.49. The summed E-state index contributed by atoms with van der Waals surface area (Å²) in [5.41, 5.74) is -0.118. The molecule has 0 bridgehead atoms. The molecule has 135 valence electrons. The van der Waals surface area contributed by atoms with Crippen molar-refractivity contribution in [1.82, 2.24) is 19.9 Å². The Bertz CT molecular complexity index is 918. The third kappa shape index (κ3) is 3.19. The van der Waals surface area contributed by atoms with Gasteiger partial charge in [0.05, 0.1) is 0 Å². The van der Waals surface area contributed by atoms with Crippen LogP contribution < -0.4 is 15.6 Å². The van der Waals surface area contributed by atoms with Gasteiger partial charge in [-0.25, -0.2) is 15.3 Å². The van der Waals surface area contributed by atoms with Crippen molar-refractivity contribution in [1.29, 1.82) is 0 Å². The van der Waals surface area contributed by atoms with Gasteiger partial charge in [-0.2, -0.15) is 4.98 Å². The first-order chi connectivity index (χ1) is 12.7. The minimum absolute atomic E-state index is 0.164. The van der Waals surface area contributed by atoms with Crippen molar-refractivity contribution < 1.29 is 4.74 Å². The second-order valence-corrected chi connectivity index (χ2v) is 6.87. The van der Waals surface area contributed by atoms with Gasteiger partial charge in [0.1, 0.15) is 11.0 Å². The lowest BCUT2D eigenvalue weighted by molar-refractivity contribution is 0.387. The Morgan fingerprint density at radius 2 is 2.08 bits per heavy atom. The van der Waals surface area contributed by atoms with Crippen molar-refractivity contribution >= 4 is 28.9 Å². The number of amidine groups is 1. The fourth-order valence-corrected chi connectivity index (χ4v) is 3.54. The number of aromatic nitrogens is 3. The monoisotopic (exact) mass is 372 g/mol. The summed E-state index contributed by atoms with van der Waals surface area (Å²) >= 11 is 5.91. The van der Waals surface area contributed by atoms with Gasteiger partial charge < -0.3 is 4.74 Å². The van der Waals surface area contributed by atoms with Crippen molar-refractivity contribution in [2.45, 2.75) is 45.6 Å². The largest absolute Gasteiger partial charge is 0.406 e. The van der Waals surface area contributed by atoms with Gasteiger partial charge in [0.2, 0.25) is 5.88 Å². The molecule has 0 spiro atoms. The zero-order valence-corrected chi connectivity index (χ0v) is 15.2. The Kier molecular flexibility index (Phi) is 4.63. The Morgan fingerprint density at radius 1 is 1.27 bits per heavy atom. The fourth-order valence-electron chi connectivity index (χ4n) is 3.38. The molecule has 26 heavy (non-hydrogen) atoms. The van der Waals surface area contributed by atoms with E-state index in [-0.39, 0.29) is 11.9 Å². The third-order valence-corrected chi connectivity index (χ3v) is 4.81. The molecule has 1 aliphatic heterocycles. The number of ether oxygens (including phenoxy) is 1. The summed E-state index contributed by atoms with van der Waals surface area (Å²) in [4.78, 5) is 25.4. The van der Waals surface area contributed by atoms with E-state index >= 15 is 0 Å². The van der Waals surface area contributed by atoms with Crippen molar-refractivity contribution in [3.63, 3.8) is 0 Å². The van der Waals surface area contributed by atoms with Crippen LogP contribution in [0, 0.1) is 5.92 Å². The van der Waals surface area contributed by atoms with Crippen molar-refractivity contribution in [3.8, 4) is 11.9 Å². The summed E-state index contributed by atoms with van der Waals surface area (Å²) < 4.78 is 7.55. The van der Waals surface area contributed by atoms with E-state index in [1.165, 1.54) is 12.8 Å². The van der Waals surface area contributed by atoms with Gasteiger partial charge in [0, 0.05) is 18.5 Å². The number of aliphatic imine (C=N–C) groups is 1. The Hall–Kier alpha value is -2.41. The van der Waals surface area contributed by atoms with E-state index in [1.807, 2.05) is 6.92 Å². The van der Waals surface area contributed by atoms with Gasteiger partial charge in [-0.15, -0.1) is 0 Å². The number of hydrogen-bond acceptors (Lipinski definition) is 5. The first-order valence-corrected chi connectivity index (χ1v) is 9.29. The summed E-state index contributed by atoms with van der Waals surface area (Å²) in [6, 6.07) is 5.21. The van der Waals surface area contributed by atoms with Crippen LogP contribution in [0.15, 0.2) is 28.0 Å². The Morgan fingerprint density at radius 3 is 2.81 bits per heavy atom. The maximum Gasteiger partial charge on any atom is 0.308 e.